The van der Waals surface area contributed by atoms with E-state index in [0.29, 0.717) is 5.92 Å². The largest absolute Gasteiger partial charge is 0.377 e. The molecule has 367 valence electrons. The van der Waals surface area contributed by atoms with Gasteiger partial charge in [-0.05, 0) is 90.5 Å². The predicted molar refractivity (Wildman–Crippen MR) is 303 cm³/mol. The van der Waals surface area contributed by atoms with Gasteiger partial charge < -0.3 is 44.1 Å². The van der Waals surface area contributed by atoms with E-state index >= 15 is 0 Å². The molecule has 0 aromatic heterocycles. The van der Waals surface area contributed by atoms with Gasteiger partial charge in [-0.25, -0.2) is 5.57 Å². The minimum absolute atomic E-state index is 0. The molecule has 1 aliphatic rings. The number of allylic oxidation sites excluding steroid dienone is 4. The van der Waals surface area contributed by atoms with Gasteiger partial charge in [-0.3, -0.25) is 6.08 Å². The van der Waals surface area contributed by atoms with E-state index in [9.17, 15) is 0 Å². The van der Waals surface area contributed by atoms with Gasteiger partial charge in [0.25, 0.3) is 0 Å². The van der Waals surface area contributed by atoms with Gasteiger partial charge in [0.05, 0.1) is 34.1 Å². The van der Waals surface area contributed by atoms with Crippen molar-refractivity contribution in [2.45, 2.75) is 69.2 Å². The average molecular weight is 1010 g/mol. The number of anilines is 9. The molecule has 1 radical (unpaired) electrons. The summed E-state index contributed by atoms with van der Waals surface area (Å²) in [5.74, 6) is 0.560. The minimum atomic E-state index is -1.86. The molecule has 14 heteroatoms. The zero-order chi connectivity index (χ0) is 47.2. The first-order valence-electron chi connectivity index (χ1n) is 21.7. The van der Waals surface area contributed by atoms with Crippen LogP contribution in [0, 0.1) is 53.5 Å². The SMILES string of the molecule is CC1=[C-]C(C)C(C)=C1C.Cc1c(N(C)C)c(C)c([Si](c2c(C)c(N(C)C)c(C)c(N(C)C)c2N(C)C)c2c(C)c(N(C)C)c(C)c(N(C)C)c2N(C)C)c(N(C)C)c1N(C)C.Cl.Cl.Cl.[Ti]. The van der Waals surface area contributed by atoms with Crippen LogP contribution in [0.15, 0.2) is 16.7 Å². The monoisotopic (exact) mass is 1010 g/mol. The summed E-state index contributed by atoms with van der Waals surface area (Å²) in [6.07, 6.45) is 3.36. The van der Waals surface area contributed by atoms with Gasteiger partial charge in [-0.1, -0.05) is 26.7 Å². The Balaban J connectivity index is 0. The normalized spacial score (nSPS) is 12.8. The Morgan fingerprint density at radius 3 is 0.646 bits per heavy atom. The second-order valence-corrected chi connectivity index (χ2v) is 21.5. The number of benzene rings is 3. The molecule has 0 N–H and O–H groups in total. The fourth-order valence-electron chi connectivity index (χ4n) is 10.4. The zero-order valence-electron chi connectivity index (χ0n) is 45.8. The van der Waals surface area contributed by atoms with Crippen LogP contribution in [0.1, 0.15) is 61.1 Å². The summed E-state index contributed by atoms with van der Waals surface area (Å²) < 4.78 is 0. The summed E-state index contributed by atoms with van der Waals surface area (Å²) in [7, 11) is 38.0. The van der Waals surface area contributed by atoms with Gasteiger partial charge >= 0.3 is 0 Å². The van der Waals surface area contributed by atoms with Crippen molar-refractivity contribution in [3.63, 3.8) is 0 Å². The van der Waals surface area contributed by atoms with Crippen molar-refractivity contribution in [3.05, 3.63) is 56.2 Å². The first kappa shape index (κ1) is 64.2. The van der Waals surface area contributed by atoms with Gasteiger partial charge in [0.15, 0.2) is 8.80 Å². The molecular formula is C51H88Cl3N9SiTi-. The third-order valence-corrected chi connectivity index (χ3v) is 16.1. The van der Waals surface area contributed by atoms with Crippen molar-refractivity contribution in [1.29, 1.82) is 0 Å². The Morgan fingerprint density at radius 1 is 0.323 bits per heavy atom. The van der Waals surface area contributed by atoms with Crippen molar-refractivity contribution < 1.29 is 21.7 Å². The zero-order valence-corrected chi connectivity index (χ0v) is 50.8. The molecular weight excluding hydrogens is 921 g/mol. The summed E-state index contributed by atoms with van der Waals surface area (Å²) >= 11 is 0. The van der Waals surface area contributed by atoms with Crippen LogP contribution in [0.4, 0.5) is 51.2 Å². The molecule has 3 aromatic carbocycles. The molecule has 0 amide bonds. The number of nitrogens with zero attached hydrogens (tertiary/aromatic N) is 9. The topological polar surface area (TPSA) is 29.2 Å². The van der Waals surface area contributed by atoms with E-state index in [0.717, 1.165) is 0 Å². The molecule has 65 heavy (non-hydrogen) atoms. The summed E-state index contributed by atoms with van der Waals surface area (Å²) in [6.45, 7) is 22.7. The molecule has 0 saturated carbocycles. The number of hydrogen-bond donors (Lipinski definition) is 0. The maximum atomic E-state index is 3.36. The molecule has 1 unspecified atom stereocenters. The van der Waals surface area contributed by atoms with Crippen LogP contribution < -0.4 is 59.7 Å². The molecule has 0 bridgehead atoms. The maximum Gasteiger partial charge on any atom is 0.164 e. The molecule has 0 fully saturated rings. The minimum Gasteiger partial charge on any atom is -0.377 e. The second-order valence-electron chi connectivity index (χ2n) is 19.2. The van der Waals surface area contributed by atoms with Crippen molar-refractivity contribution >= 4 is 113 Å². The number of rotatable bonds is 12. The van der Waals surface area contributed by atoms with Gasteiger partial charge in [0.1, 0.15) is 0 Å². The van der Waals surface area contributed by atoms with E-state index < -0.39 is 8.80 Å². The Kier molecular flexibility index (Phi) is 24.7. The van der Waals surface area contributed by atoms with Crippen molar-refractivity contribution in [3.8, 4) is 0 Å². The van der Waals surface area contributed by atoms with Crippen LogP contribution >= 0.6 is 37.2 Å². The van der Waals surface area contributed by atoms with Crippen LogP contribution in [0.5, 0.6) is 0 Å². The Hall–Kier alpha value is -2.86. The first-order chi connectivity index (χ1) is 28.0. The van der Waals surface area contributed by atoms with Crippen LogP contribution in [-0.4, -0.2) is 136 Å². The van der Waals surface area contributed by atoms with Gasteiger partial charge in [0.2, 0.25) is 0 Å². The molecule has 0 spiro atoms. The third kappa shape index (κ3) is 12.1. The number of halogens is 3. The van der Waals surface area contributed by atoms with Crippen LogP contribution in [0.2, 0.25) is 0 Å². The Morgan fingerprint density at radius 2 is 0.523 bits per heavy atom. The second kappa shape index (κ2) is 25.0. The summed E-state index contributed by atoms with van der Waals surface area (Å²) in [4.78, 5) is 21.1. The summed E-state index contributed by atoms with van der Waals surface area (Å²) in [6, 6.07) is 0. The Labute approximate surface area is 433 Å². The molecule has 4 rings (SSSR count). The van der Waals surface area contributed by atoms with Crippen molar-refractivity contribution in [1.82, 2.24) is 0 Å². The van der Waals surface area contributed by atoms with E-state index in [1.54, 1.807) is 0 Å². The van der Waals surface area contributed by atoms with E-state index in [1.807, 2.05) is 0 Å². The Bertz CT molecular complexity index is 1980. The number of hydrogen-bond acceptors (Lipinski definition) is 9. The van der Waals surface area contributed by atoms with Gasteiger partial charge in [0, 0.05) is 166 Å². The molecule has 0 aliphatic heterocycles. The first-order valence-corrected chi connectivity index (χ1v) is 23.2. The van der Waals surface area contributed by atoms with Crippen LogP contribution in [0.3, 0.4) is 0 Å². The molecule has 0 saturated heterocycles. The molecule has 3 aromatic rings. The summed E-state index contributed by atoms with van der Waals surface area (Å²) in [5.41, 5.74) is 23.7. The van der Waals surface area contributed by atoms with E-state index in [2.05, 4.69) is 246 Å². The fraction of sp³-hybridized carbons (Fsp3) is 0.569. The van der Waals surface area contributed by atoms with Crippen molar-refractivity contribution in [2.75, 3.05) is 171 Å². The molecule has 1 aliphatic carbocycles. The standard InChI is InChI=1S/C42H72N9Si.C9H13.3ClH.Ti/c1-25-31(43(7)8)28(4)40(37(49(19)20)34(25)46(13)14)52(41-29(5)32(44(9)10)26(2)35(47(15)16)38(41)50(21)22)42-30(6)33(45(11)12)27(3)36(48(17)18)39(42)51(23)24;1-6-5-7(2)9(4)8(6)3;;;;/h1-24H3;6H,1-4H3;3*1H;/q;-1;;;;. The van der Waals surface area contributed by atoms with E-state index in [4.69, 9.17) is 0 Å². The molecule has 1 atom stereocenters. The maximum absolute atomic E-state index is 3.36. The molecule has 9 nitrogen and oxygen atoms in total. The van der Waals surface area contributed by atoms with Crippen molar-refractivity contribution in [2.24, 2.45) is 5.92 Å². The van der Waals surface area contributed by atoms with E-state index in [-0.39, 0.29) is 58.9 Å². The molecule has 0 heterocycles. The van der Waals surface area contributed by atoms with E-state index in [1.165, 1.54) is 117 Å². The average Bonchev–Trinajstić information content (AvgIpc) is 3.33. The van der Waals surface area contributed by atoms with Crippen LogP contribution in [-0.2, 0) is 21.7 Å². The predicted octanol–water partition coefficient (Wildman–Crippen LogP) is 8.63. The quantitative estimate of drug-likeness (QED) is 0.101. The third-order valence-electron chi connectivity index (χ3n) is 12.7. The smallest absolute Gasteiger partial charge is 0.164 e. The van der Waals surface area contributed by atoms with Gasteiger partial charge in [-0.15, -0.1) is 44.1 Å². The summed E-state index contributed by atoms with van der Waals surface area (Å²) in [5, 5.41) is 4.30. The fourth-order valence-corrected chi connectivity index (χ4v) is 14.3. The van der Waals surface area contributed by atoms with Gasteiger partial charge in [-0.2, -0.15) is 11.1 Å². The van der Waals surface area contributed by atoms with Crippen LogP contribution in [0.25, 0.3) is 0 Å².